The molecule has 0 aromatic rings. The van der Waals surface area contributed by atoms with Gasteiger partial charge in [0.05, 0.1) is 6.61 Å². The van der Waals surface area contributed by atoms with Gasteiger partial charge in [0.2, 0.25) is 0 Å². The summed E-state index contributed by atoms with van der Waals surface area (Å²) in [6.07, 6.45) is 2.39. The van der Waals surface area contributed by atoms with Crippen molar-refractivity contribution < 1.29 is 4.74 Å². The topological polar surface area (TPSA) is 9.23 Å². The second-order valence-electron chi connectivity index (χ2n) is 1.46. The summed E-state index contributed by atoms with van der Waals surface area (Å²) in [6.45, 7) is 6.66. The molecule has 43 valence electrons. The Bertz CT molecular complexity index is 23.4. The largest absolute Gasteiger partial charge is 0.376 e. The lowest BCUT2D eigenvalue weighted by Crippen LogP contribution is -1.86. The molecule has 0 spiro atoms. The zero-order chi connectivity index (χ0) is 5.54. The molecule has 0 rings (SSSR count). The second-order valence-corrected chi connectivity index (χ2v) is 1.46. The maximum atomic E-state index is 4.95. The Morgan fingerprint density at radius 2 is 2.29 bits per heavy atom. The molecule has 0 atom stereocenters. The number of rotatable bonds is 4. The van der Waals surface area contributed by atoms with Crippen LogP contribution in [0.25, 0.3) is 0 Å². The van der Waals surface area contributed by atoms with Crippen LogP contribution in [0, 0.1) is 6.61 Å². The lowest BCUT2D eigenvalue weighted by atomic mass is 10.4. The minimum absolute atomic E-state index is 0.882. The van der Waals surface area contributed by atoms with Gasteiger partial charge < -0.3 is 4.74 Å². The fraction of sp³-hybridized carbons (Fsp3) is 0.833. The molecule has 0 aliphatic heterocycles. The highest BCUT2D eigenvalue weighted by Crippen LogP contribution is 1.87. The molecular formula is C6H13O. The van der Waals surface area contributed by atoms with Crippen molar-refractivity contribution in [3.05, 3.63) is 6.61 Å². The molecule has 0 heterocycles. The van der Waals surface area contributed by atoms with Crippen molar-refractivity contribution in [2.75, 3.05) is 6.61 Å². The minimum atomic E-state index is 0.882. The van der Waals surface area contributed by atoms with E-state index in [0.717, 1.165) is 6.61 Å². The summed E-state index contributed by atoms with van der Waals surface area (Å²) in [5.41, 5.74) is 0. The maximum absolute atomic E-state index is 4.95. The summed E-state index contributed by atoms with van der Waals surface area (Å²) in [7, 11) is 0. The van der Waals surface area contributed by atoms with Gasteiger partial charge in [0.1, 0.15) is 0 Å². The molecule has 0 fully saturated rings. The van der Waals surface area contributed by atoms with E-state index in [9.17, 15) is 0 Å². The van der Waals surface area contributed by atoms with E-state index in [1.54, 1.807) is 6.61 Å². The van der Waals surface area contributed by atoms with Gasteiger partial charge in [-0.15, -0.1) is 0 Å². The van der Waals surface area contributed by atoms with Crippen molar-refractivity contribution >= 4 is 0 Å². The average molecular weight is 101 g/mol. The SMILES string of the molecule is C[CH]OCCCC. The van der Waals surface area contributed by atoms with E-state index in [1.807, 2.05) is 6.92 Å². The van der Waals surface area contributed by atoms with Crippen LogP contribution in [0.5, 0.6) is 0 Å². The lowest BCUT2D eigenvalue weighted by molar-refractivity contribution is 0.200. The van der Waals surface area contributed by atoms with Crippen LogP contribution in [0.2, 0.25) is 0 Å². The Labute approximate surface area is 45.7 Å². The zero-order valence-electron chi connectivity index (χ0n) is 5.11. The van der Waals surface area contributed by atoms with Crippen LogP contribution in [0.15, 0.2) is 0 Å². The highest BCUT2D eigenvalue weighted by molar-refractivity contribution is 4.35. The van der Waals surface area contributed by atoms with Crippen LogP contribution in [0.3, 0.4) is 0 Å². The van der Waals surface area contributed by atoms with Gasteiger partial charge in [-0.1, -0.05) is 13.3 Å². The van der Waals surface area contributed by atoms with E-state index >= 15 is 0 Å². The Hall–Kier alpha value is -0.0400. The molecule has 1 radical (unpaired) electrons. The number of unbranched alkanes of at least 4 members (excludes halogenated alkanes) is 1. The molecule has 0 saturated carbocycles. The van der Waals surface area contributed by atoms with E-state index < -0.39 is 0 Å². The first-order chi connectivity index (χ1) is 3.41. The van der Waals surface area contributed by atoms with Gasteiger partial charge in [-0.3, -0.25) is 0 Å². The number of ether oxygens (including phenoxy) is 1. The van der Waals surface area contributed by atoms with Crippen LogP contribution >= 0.6 is 0 Å². The predicted octanol–water partition coefficient (Wildman–Crippen LogP) is 1.98. The average Bonchev–Trinajstić information content (AvgIpc) is 1.69. The Morgan fingerprint density at radius 1 is 1.57 bits per heavy atom. The van der Waals surface area contributed by atoms with Gasteiger partial charge in [-0.25, -0.2) is 0 Å². The van der Waals surface area contributed by atoms with Crippen molar-refractivity contribution in [1.82, 2.24) is 0 Å². The van der Waals surface area contributed by atoms with E-state index in [1.165, 1.54) is 12.8 Å². The molecule has 0 aromatic carbocycles. The van der Waals surface area contributed by atoms with Crippen molar-refractivity contribution in [2.24, 2.45) is 0 Å². The smallest absolute Gasteiger partial charge is 0.0805 e. The summed E-state index contributed by atoms with van der Waals surface area (Å²) in [4.78, 5) is 0. The molecule has 0 aliphatic rings. The standard InChI is InChI=1S/C6H13O/c1-3-5-6-7-4-2/h4H,3,5-6H2,1-2H3. The summed E-state index contributed by atoms with van der Waals surface area (Å²) >= 11 is 0. The first kappa shape index (κ1) is 6.96. The molecule has 1 heteroatoms. The molecule has 0 amide bonds. The van der Waals surface area contributed by atoms with Crippen LogP contribution in [0.4, 0.5) is 0 Å². The van der Waals surface area contributed by atoms with E-state index in [-0.39, 0.29) is 0 Å². The van der Waals surface area contributed by atoms with E-state index in [4.69, 9.17) is 4.74 Å². The Balaban J connectivity index is 2.45. The molecule has 0 aromatic heterocycles. The monoisotopic (exact) mass is 101 g/mol. The molecule has 0 bridgehead atoms. The van der Waals surface area contributed by atoms with Gasteiger partial charge in [0, 0.05) is 6.61 Å². The number of hydrogen-bond donors (Lipinski definition) is 0. The van der Waals surface area contributed by atoms with Crippen LogP contribution < -0.4 is 0 Å². The third-order valence-corrected chi connectivity index (χ3v) is 0.782. The molecule has 1 nitrogen and oxygen atoms in total. The van der Waals surface area contributed by atoms with Crippen molar-refractivity contribution in [1.29, 1.82) is 0 Å². The van der Waals surface area contributed by atoms with Crippen molar-refractivity contribution in [3.8, 4) is 0 Å². The van der Waals surface area contributed by atoms with Crippen LogP contribution in [0.1, 0.15) is 26.7 Å². The second kappa shape index (κ2) is 5.96. The highest BCUT2D eigenvalue weighted by Gasteiger charge is 1.79. The highest BCUT2D eigenvalue weighted by atomic mass is 16.5. The molecule has 0 saturated heterocycles. The molecule has 7 heavy (non-hydrogen) atoms. The third-order valence-electron chi connectivity index (χ3n) is 0.782. The van der Waals surface area contributed by atoms with E-state index in [0.29, 0.717) is 0 Å². The zero-order valence-corrected chi connectivity index (χ0v) is 5.11. The lowest BCUT2D eigenvalue weighted by Gasteiger charge is -1.94. The summed E-state index contributed by atoms with van der Waals surface area (Å²) in [5, 5.41) is 0. The first-order valence-corrected chi connectivity index (χ1v) is 2.81. The van der Waals surface area contributed by atoms with Gasteiger partial charge in [-0.05, 0) is 13.3 Å². The fourth-order valence-corrected chi connectivity index (χ4v) is 0.346. The summed E-state index contributed by atoms with van der Waals surface area (Å²) < 4.78 is 4.95. The Kier molecular flexibility index (Phi) is 5.93. The van der Waals surface area contributed by atoms with Crippen molar-refractivity contribution in [2.45, 2.75) is 26.7 Å². The number of hydrogen-bond acceptors (Lipinski definition) is 1. The van der Waals surface area contributed by atoms with Gasteiger partial charge in [-0.2, -0.15) is 0 Å². The van der Waals surface area contributed by atoms with E-state index in [2.05, 4.69) is 6.92 Å². The van der Waals surface area contributed by atoms with Crippen LogP contribution in [-0.2, 0) is 4.74 Å². The fourth-order valence-electron chi connectivity index (χ4n) is 0.346. The van der Waals surface area contributed by atoms with Gasteiger partial charge >= 0.3 is 0 Å². The molecular weight excluding hydrogens is 88.1 g/mol. The maximum Gasteiger partial charge on any atom is 0.0805 e. The first-order valence-electron chi connectivity index (χ1n) is 2.81. The normalized spacial score (nSPS) is 9.43. The third kappa shape index (κ3) is 5.96. The van der Waals surface area contributed by atoms with Crippen LogP contribution in [-0.4, -0.2) is 6.61 Å². The molecule has 0 unspecified atom stereocenters. The van der Waals surface area contributed by atoms with Crippen molar-refractivity contribution in [3.63, 3.8) is 0 Å². The molecule has 0 aliphatic carbocycles. The minimum Gasteiger partial charge on any atom is -0.376 e. The van der Waals surface area contributed by atoms with Gasteiger partial charge in [0.15, 0.2) is 0 Å². The summed E-state index contributed by atoms with van der Waals surface area (Å²) in [6, 6.07) is 0. The van der Waals surface area contributed by atoms with Gasteiger partial charge in [0.25, 0.3) is 0 Å². The Morgan fingerprint density at radius 3 is 2.71 bits per heavy atom. The predicted molar refractivity (Wildman–Crippen MR) is 30.8 cm³/mol. The quantitative estimate of drug-likeness (QED) is 0.492. The molecule has 0 N–H and O–H groups in total. The summed E-state index contributed by atoms with van der Waals surface area (Å²) in [5.74, 6) is 0.